The molecule has 0 aliphatic carbocycles. The van der Waals surface area contributed by atoms with E-state index in [-0.39, 0.29) is 0 Å². The molecular weight excluding hydrogens is 362 g/mol. The monoisotopic (exact) mass is 397 g/mol. The number of nitrogens with one attached hydrogen (secondary N) is 2. The summed E-state index contributed by atoms with van der Waals surface area (Å²) >= 11 is 0. The van der Waals surface area contributed by atoms with Crippen LogP contribution < -0.4 is 10.6 Å². The standard InChI is InChI=1S/C23H35N5O/c1-17(21-8-6-5-7-9-21)14-25-23(24-4)26-15-20-10-12-28(13-11-20)16-22-27-18(2)19(3)29-22/h5-9,17,20H,10-16H2,1-4H3,(H2,24,25,26). The van der Waals surface area contributed by atoms with E-state index < -0.39 is 0 Å². The van der Waals surface area contributed by atoms with E-state index in [0.29, 0.717) is 11.8 Å². The number of hydrogen-bond acceptors (Lipinski definition) is 4. The number of likely N-dealkylation sites (tertiary alicyclic amines) is 1. The predicted octanol–water partition coefficient (Wildman–Crippen LogP) is 3.47. The average Bonchev–Trinajstić information content (AvgIpc) is 3.06. The molecule has 1 atom stereocenters. The molecule has 29 heavy (non-hydrogen) atoms. The Morgan fingerprint density at radius 1 is 1.21 bits per heavy atom. The van der Waals surface area contributed by atoms with Gasteiger partial charge in [0.15, 0.2) is 5.96 Å². The van der Waals surface area contributed by atoms with E-state index in [1.807, 2.05) is 20.9 Å². The van der Waals surface area contributed by atoms with Gasteiger partial charge in [-0.15, -0.1) is 0 Å². The summed E-state index contributed by atoms with van der Waals surface area (Å²) in [4.78, 5) is 11.3. The zero-order valence-electron chi connectivity index (χ0n) is 18.2. The largest absolute Gasteiger partial charge is 0.444 e. The van der Waals surface area contributed by atoms with Crippen LogP contribution in [0.3, 0.4) is 0 Å². The molecule has 0 spiro atoms. The molecule has 0 saturated carbocycles. The Morgan fingerprint density at radius 2 is 1.93 bits per heavy atom. The maximum absolute atomic E-state index is 5.73. The summed E-state index contributed by atoms with van der Waals surface area (Å²) in [5.74, 6) is 3.78. The molecule has 1 aliphatic rings. The minimum atomic E-state index is 0.445. The van der Waals surface area contributed by atoms with Gasteiger partial charge in [0.2, 0.25) is 5.89 Å². The van der Waals surface area contributed by atoms with Crippen molar-refractivity contribution in [3.63, 3.8) is 0 Å². The molecule has 2 heterocycles. The predicted molar refractivity (Wildman–Crippen MR) is 118 cm³/mol. The van der Waals surface area contributed by atoms with E-state index in [1.165, 1.54) is 18.4 Å². The lowest BCUT2D eigenvalue weighted by Gasteiger charge is -2.31. The van der Waals surface area contributed by atoms with Crippen molar-refractivity contribution in [2.24, 2.45) is 10.9 Å². The first-order valence-corrected chi connectivity index (χ1v) is 10.7. The summed E-state index contributed by atoms with van der Waals surface area (Å²) in [6.45, 7) is 11.0. The van der Waals surface area contributed by atoms with Gasteiger partial charge in [-0.2, -0.15) is 0 Å². The van der Waals surface area contributed by atoms with Gasteiger partial charge in [0.1, 0.15) is 5.76 Å². The Balaban J connectivity index is 1.36. The topological polar surface area (TPSA) is 65.7 Å². The molecule has 2 N–H and O–H groups in total. The SMILES string of the molecule is CN=C(NCC1CCN(Cc2nc(C)c(C)o2)CC1)NCC(C)c1ccccc1. The number of aromatic nitrogens is 1. The Labute approximate surface area is 174 Å². The molecule has 0 radical (unpaired) electrons. The summed E-state index contributed by atoms with van der Waals surface area (Å²) in [5.41, 5.74) is 2.35. The number of nitrogens with zero attached hydrogens (tertiary/aromatic N) is 3. The Morgan fingerprint density at radius 3 is 2.55 bits per heavy atom. The number of guanidine groups is 1. The van der Waals surface area contributed by atoms with E-state index in [0.717, 1.165) is 56.0 Å². The maximum Gasteiger partial charge on any atom is 0.208 e. The van der Waals surface area contributed by atoms with E-state index >= 15 is 0 Å². The Bertz CT molecular complexity index is 758. The molecule has 1 saturated heterocycles. The fourth-order valence-electron chi connectivity index (χ4n) is 3.76. The second-order valence-electron chi connectivity index (χ2n) is 8.11. The van der Waals surface area contributed by atoms with Gasteiger partial charge in [-0.3, -0.25) is 9.89 Å². The van der Waals surface area contributed by atoms with Crippen LogP contribution in [-0.4, -0.2) is 49.1 Å². The van der Waals surface area contributed by atoms with Gasteiger partial charge in [-0.05, 0) is 57.2 Å². The van der Waals surface area contributed by atoms with Crippen LogP contribution in [0.2, 0.25) is 0 Å². The normalized spacial score (nSPS) is 17.3. The van der Waals surface area contributed by atoms with Crippen molar-refractivity contribution in [1.29, 1.82) is 0 Å². The lowest BCUT2D eigenvalue weighted by molar-refractivity contribution is 0.164. The first-order valence-electron chi connectivity index (χ1n) is 10.7. The highest BCUT2D eigenvalue weighted by Gasteiger charge is 2.21. The van der Waals surface area contributed by atoms with Crippen LogP contribution in [0.4, 0.5) is 0 Å². The molecule has 6 nitrogen and oxygen atoms in total. The average molecular weight is 398 g/mol. The Kier molecular flexibility index (Phi) is 7.69. The molecule has 1 aromatic carbocycles. The highest BCUT2D eigenvalue weighted by Crippen LogP contribution is 2.19. The number of aryl methyl sites for hydroxylation is 2. The molecule has 1 aliphatic heterocycles. The third-order valence-electron chi connectivity index (χ3n) is 5.86. The maximum atomic E-state index is 5.73. The second-order valence-corrected chi connectivity index (χ2v) is 8.11. The van der Waals surface area contributed by atoms with E-state index in [4.69, 9.17) is 4.42 Å². The van der Waals surface area contributed by atoms with Crippen LogP contribution in [0.1, 0.15) is 48.6 Å². The van der Waals surface area contributed by atoms with Crippen LogP contribution in [-0.2, 0) is 6.54 Å². The molecule has 6 heteroatoms. The van der Waals surface area contributed by atoms with Crippen LogP contribution in [0.15, 0.2) is 39.7 Å². The minimum absolute atomic E-state index is 0.445. The summed E-state index contributed by atoms with van der Waals surface area (Å²) in [7, 11) is 1.84. The van der Waals surface area contributed by atoms with Gasteiger partial charge in [0.25, 0.3) is 0 Å². The van der Waals surface area contributed by atoms with E-state index in [9.17, 15) is 0 Å². The highest BCUT2D eigenvalue weighted by molar-refractivity contribution is 5.79. The third-order valence-corrected chi connectivity index (χ3v) is 5.86. The molecular formula is C23H35N5O. The molecule has 0 bridgehead atoms. The number of aliphatic imine (C=N–C) groups is 1. The molecule has 1 unspecified atom stereocenters. The number of benzene rings is 1. The third kappa shape index (κ3) is 6.32. The molecule has 1 fully saturated rings. The second kappa shape index (κ2) is 10.4. The van der Waals surface area contributed by atoms with Crippen LogP contribution >= 0.6 is 0 Å². The number of rotatable bonds is 7. The summed E-state index contributed by atoms with van der Waals surface area (Å²) < 4.78 is 5.73. The van der Waals surface area contributed by atoms with Crippen molar-refractivity contribution in [2.45, 2.75) is 46.1 Å². The van der Waals surface area contributed by atoms with Crippen molar-refractivity contribution >= 4 is 5.96 Å². The van der Waals surface area contributed by atoms with Gasteiger partial charge in [0.05, 0.1) is 12.2 Å². The molecule has 3 rings (SSSR count). The zero-order valence-corrected chi connectivity index (χ0v) is 18.2. The highest BCUT2D eigenvalue weighted by atomic mass is 16.4. The van der Waals surface area contributed by atoms with Gasteiger partial charge >= 0.3 is 0 Å². The fourth-order valence-corrected chi connectivity index (χ4v) is 3.76. The number of hydrogen-bond donors (Lipinski definition) is 2. The van der Waals surface area contributed by atoms with Crippen LogP contribution in [0, 0.1) is 19.8 Å². The van der Waals surface area contributed by atoms with Gasteiger partial charge in [-0.25, -0.2) is 4.98 Å². The fraction of sp³-hybridized carbons (Fsp3) is 0.565. The van der Waals surface area contributed by atoms with E-state index in [2.05, 4.69) is 62.8 Å². The molecule has 1 aromatic heterocycles. The number of oxazole rings is 1. The zero-order chi connectivity index (χ0) is 20.6. The molecule has 2 aromatic rings. The molecule has 158 valence electrons. The van der Waals surface area contributed by atoms with Crippen molar-refractivity contribution < 1.29 is 4.42 Å². The lowest BCUT2D eigenvalue weighted by atomic mass is 9.97. The number of piperidine rings is 1. The Hall–Kier alpha value is -2.34. The van der Waals surface area contributed by atoms with E-state index in [1.54, 1.807) is 0 Å². The van der Waals surface area contributed by atoms with Gasteiger partial charge in [-0.1, -0.05) is 37.3 Å². The summed E-state index contributed by atoms with van der Waals surface area (Å²) in [5, 5.41) is 6.97. The van der Waals surface area contributed by atoms with Crippen LogP contribution in [0.25, 0.3) is 0 Å². The minimum Gasteiger partial charge on any atom is -0.444 e. The molecule has 0 amide bonds. The lowest BCUT2D eigenvalue weighted by Crippen LogP contribution is -2.43. The van der Waals surface area contributed by atoms with Gasteiger partial charge < -0.3 is 15.1 Å². The first-order chi connectivity index (χ1) is 14.0. The van der Waals surface area contributed by atoms with Crippen LogP contribution in [0.5, 0.6) is 0 Å². The summed E-state index contributed by atoms with van der Waals surface area (Å²) in [6, 6.07) is 10.6. The smallest absolute Gasteiger partial charge is 0.208 e. The van der Waals surface area contributed by atoms with Crippen molar-refractivity contribution in [2.75, 3.05) is 33.2 Å². The van der Waals surface area contributed by atoms with Crippen molar-refractivity contribution in [1.82, 2.24) is 20.5 Å². The van der Waals surface area contributed by atoms with Crippen molar-refractivity contribution in [3.05, 3.63) is 53.2 Å². The summed E-state index contributed by atoms with van der Waals surface area (Å²) in [6.07, 6.45) is 2.37. The first kappa shape index (κ1) is 21.4. The van der Waals surface area contributed by atoms with Crippen molar-refractivity contribution in [3.8, 4) is 0 Å². The quantitative estimate of drug-likeness (QED) is 0.553. The van der Waals surface area contributed by atoms with Gasteiger partial charge in [0, 0.05) is 20.1 Å².